The molecule has 0 fully saturated rings. The summed E-state index contributed by atoms with van der Waals surface area (Å²) in [4.78, 5) is 28.1. The summed E-state index contributed by atoms with van der Waals surface area (Å²) >= 11 is 0. The third-order valence-corrected chi connectivity index (χ3v) is 5.76. The van der Waals surface area contributed by atoms with Crippen LogP contribution in [-0.4, -0.2) is 97.2 Å². The van der Waals surface area contributed by atoms with Gasteiger partial charge in [0.1, 0.15) is 6.61 Å². The van der Waals surface area contributed by atoms with Crippen LogP contribution < -0.4 is 4.74 Å². The van der Waals surface area contributed by atoms with E-state index in [1.165, 1.54) is 11.1 Å². The van der Waals surface area contributed by atoms with Gasteiger partial charge in [-0.1, -0.05) is 53.6 Å². The van der Waals surface area contributed by atoms with Crippen LogP contribution >= 0.6 is 0 Å². The number of aryl methyl sites for hydroxylation is 3. The fourth-order valence-corrected chi connectivity index (χ4v) is 3.87. The molecule has 8 heteroatoms. The number of amides is 1. The van der Waals surface area contributed by atoms with E-state index in [1.54, 1.807) is 11.1 Å². The first-order chi connectivity index (χ1) is 18.0. The van der Waals surface area contributed by atoms with E-state index in [0.717, 1.165) is 29.8 Å². The molecule has 0 aliphatic carbocycles. The number of carbonyl (C=O) groups excluding carboxylic acids is 1. The lowest BCUT2D eigenvalue weighted by atomic mass is 10.0. The van der Waals surface area contributed by atoms with Crippen LogP contribution in [0.15, 0.2) is 48.7 Å². The van der Waals surface area contributed by atoms with E-state index in [-0.39, 0.29) is 18.5 Å². The van der Waals surface area contributed by atoms with Gasteiger partial charge in [0.2, 0.25) is 0 Å². The molecule has 0 spiro atoms. The standard InChI is InChI=1S/C26H32N4O2.C4H11NO/c1-18-13-19(2)15-21(14-18)17-30(6)25(31)23-16-27-26(32-12-11-29(4)5)28-24(23)22-10-8-7-9-20(22)3;1-5(2)3-4-6/h7-10,13-16H,11-12,17H2,1-6H3;6H,3-4H2,1-2H3. The summed E-state index contributed by atoms with van der Waals surface area (Å²) in [6, 6.07) is 14.5. The maximum absolute atomic E-state index is 13.4. The Hall–Kier alpha value is -3.33. The van der Waals surface area contributed by atoms with Gasteiger partial charge in [-0.25, -0.2) is 4.98 Å². The van der Waals surface area contributed by atoms with Crippen LogP contribution in [0, 0.1) is 20.8 Å². The molecule has 0 atom stereocenters. The van der Waals surface area contributed by atoms with Crippen molar-refractivity contribution in [2.75, 3.05) is 61.5 Å². The lowest BCUT2D eigenvalue weighted by Crippen LogP contribution is -2.27. The van der Waals surface area contributed by atoms with E-state index >= 15 is 0 Å². The Morgan fingerprint density at radius 2 is 1.55 bits per heavy atom. The monoisotopic (exact) mass is 521 g/mol. The fraction of sp³-hybridized carbons (Fsp3) is 0.433. The van der Waals surface area contributed by atoms with Crippen molar-refractivity contribution in [3.8, 4) is 17.3 Å². The van der Waals surface area contributed by atoms with Crippen molar-refractivity contribution in [2.45, 2.75) is 27.3 Å². The van der Waals surface area contributed by atoms with E-state index in [4.69, 9.17) is 9.84 Å². The van der Waals surface area contributed by atoms with Crippen LogP contribution in [0.25, 0.3) is 11.3 Å². The first-order valence-corrected chi connectivity index (χ1v) is 12.8. The summed E-state index contributed by atoms with van der Waals surface area (Å²) in [6.45, 7) is 8.90. The topological polar surface area (TPSA) is 82.0 Å². The molecule has 0 bridgehead atoms. The van der Waals surface area contributed by atoms with Crippen LogP contribution in [-0.2, 0) is 6.54 Å². The Kier molecular flexibility index (Phi) is 12.3. The van der Waals surface area contributed by atoms with Gasteiger partial charge in [0, 0.05) is 38.4 Å². The van der Waals surface area contributed by atoms with Crippen molar-refractivity contribution < 1.29 is 14.6 Å². The summed E-state index contributed by atoms with van der Waals surface area (Å²) in [5.74, 6) is -0.123. The molecule has 3 aromatic rings. The second-order valence-electron chi connectivity index (χ2n) is 10.1. The molecule has 1 amide bonds. The number of ether oxygens (including phenoxy) is 1. The largest absolute Gasteiger partial charge is 0.462 e. The van der Waals surface area contributed by atoms with E-state index in [9.17, 15) is 4.79 Å². The number of nitrogens with zero attached hydrogens (tertiary/aromatic N) is 5. The molecule has 38 heavy (non-hydrogen) atoms. The minimum absolute atomic E-state index is 0.123. The Balaban J connectivity index is 0.000000757. The summed E-state index contributed by atoms with van der Waals surface area (Å²) in [5, 5.41) is 8.20. The van der Waals surface area contributed by atoms with Crippen LogP contribution in [0.1, 0.15) is 32.6 Å². The smallest absolute Gasteiger partial charge is 0.316 e. The summed E-state index contributed by atoms with van der Waals surface area (Å²) in [7, 11) is 9.63. The lowest BCUT2D eigenvalue weighted by Gasteiger charge is -2.20. The van der Waals surface area contributed by atoms with Gasteiger partial charge in [-0.15, -0.1) is 0 Å². The third kappa shape index (κ3) is 9.85. The first kappa shape index (κ1) is 30.9. The van der Waals surface area contributed by atoms with Gasteiger partial charge >= 0.3 is 6.01 Å². The minimum Gasteiger partial charge on any atom is -0.462 e. The molecule has 1 heterocycles. The molecule has 1 N–H and O–H groups in total. The van der Waals surface area contributed by atoms with E-state index in [2.05, 4.69) is 42.0 Å². The average Bonchev–Trinajstić information content (AvgIpc) is 2.83. The second-order valence-corrected chi connectivity index (χ2v) is 10.1. The van der Waals surface area contributed by atoms with E-state index < -0.39 is 0 Å². The number of carbonyl (C=O) groups is 1. The molecule has 206 valence electrons. The van der Waals surface area contributed by atoms with Crippen LogP contribution in [0.2, 0.25) is 0 Å². The van der Waals surface area contributed by atoms with Gasteiger partial charge in [0.25, 0.3) is 5.91 Å². The molecular formula is C30H43N5O3. The highest BCUT2D eigenvalue weighted by Crippen LogP contribution is 2.27. The van der Waals surface area contributed by atoms with E-state index in [0.29, 0.717) is 24.4 Å². The Morgan fingerprint density at radius 3 is 2.11 bits per heavy atom. The van der Waals surface area contributed by atoms with Gasteiger partial charge in [-0.05, 0) is 60.1 Å². The molecule has 0 unspecified atom stereocenters. The summed E-state index contributed by atoms with van der Waals surface area (Å²) in [6.07, 6.45) is 1.58. The first-order valence-electron chi connectivity index (χ1n) is 12.8. The molecule has 8 nitrogen and oxygen atoms in total. The highest BCUT2D eigenvalue weighted by atomic mass is 16.5. The molecule has 0 aliphatic rings. The minimum atomic E-state index is -0.123. The van der Waals surface area contributed by atoms with Crippen molar-refractivity contribution >= 4 is 5.91 Å². The van der Waals surface area contributed by atoms with Crippen molar-refractivity contribution in [1.29, 1.82) is 0 Å². The zero-order chi connectivity index (χ0) is 28.2. The SMILES string of the molecule is CN(C)CCO.Cc1cc(C)cc(CN(C)C(=O)c2cnc(OCCN(C)C)nc2-c2ccccc2C)c1. The number of aliphatic hydroxyl groups is 1. The summed E-state index contributed by atoms with van der Waals surface area (Å²) < 4.78 is 5.75. The summed E-state index contributed by atoms with van der Waals surface area (Å²) in [5.41, 5.74) is 6.46. The zero-order valence-corrected chi connectivity index (χ0v) is 24.2. The maximum atomic E-state index is 13.4. The van der Waals surface area contributed by atoms with Crippen molar-refractivity contribution in [3.63, 3.8) is 0 Å². The van der Waals surface area contributed by atoms with Gasteiger partial charge in [-0.2, -0.15) is 4.98 Å². The van der Waals surface area contributed by atoms with Crippen molar-refractivity contribution in [3.05, 3.63) is 76.5 Å². The van der Waals surface area contributed by atoms with Gasteiger partial charge in [-0.3, -0.25) is 4.79 Å². The highest BCUT2D eigenvalue weighted by Gasteiger charge is 2.21. The lowest BCUT2D eigenvalue weighted by molar-refractivity contribution is 0.0784. The number of benzene rings is 2. The normalized spacial score (nSPS) is 10.8. The van der Waals surface area contributed by atoms with E-state index in [1.807, 2.05) is 76.2 Å². The quantitative estimate of drug-likeness (QED) is 0.434. The fourth-order valence-electron chi connectivity index (χ4n) is 3.87. The maximum Gasteiger partial charge on any atom is 0.316 e. The Labute approximate surface area is 227 Å². The predicted octanol–water partition coefficient (Wildman–Crippen LogP) is 3.82. The second kappa shape index (κ2) is 15.2. The highest BCUT2D eigenvalue weighted by molar-refractivity contribution is 5.99. The molecule has 1 aromatic heterocycles. The molecular weight excluding hydrogens is 478 g/mol. The average molecular weight is 522 g/mol. The van der Waals surface area contributed by atoms with Crippen LogP contribution in [0.4, 0.5) is 0 Å². The number of aliphatic hydroxyl groups excluding tert-OH is 1. The van der Waals surface area contributed by atoms with Crippen LogP contribution in [0.3, 0.4) is 0 Å². The number of hydrogen-bond acceptors (Lipinski definition) is 7. The molecule has 3 rings (SSSR count). The van der Waals surface area contributed by atoms with Crippen molar-refractivity contribution in [2.24, 2.45) is 0 Å². The molecule has 0 radical (unpaired) electrons. The van der Waals surface area contributed by atoms with Gasteiger partial charge in [0.05, 0.1) is 17.9 Å². The van der Waals surface area contributed by atoms with Crippen molar-refractivity contribution in [1.82, 2.24) is 24.7 Å². The Morgan fingerprint density at radius 1 is 0.921 bits per heavy atom. The number of hydrogen-bond donors (Lipinski definition) is 1. The Bertz CT molecular complexity index is 1160. The van der Waals surface area contributed by atoms with Crippen LogP contribution in [0.5, 0.6) is 6.01 Å². The molecule has 0 aliphatic heterocycles. The number of aromatic nitrogens is 2. The number of rotatable bonds is 10. The predicted molar refractivity (Wildman–Crippen MR) is 154 cm³/mol. The van der Waals surface area contributed by atoms with Gasteiger partial charge in [0.15, 0.2) is 0 Å². The molecule has 2 aromatic carbocycles. The zero-order valence-electron chi connectivity index (χ0n) is 24.2. The number of likely N-dealkylation sites (N-methyl/N-ethyl adjacent to an activating group) is 2. The van der Waals surface area contributed by atoms with Gasteiger partial charge < -0.3 is 24.5 Å². The third-order valence-electron chi connectivity index (χ3n) is 5.76. The molecule has 0 saturated carbocycles. The molecule has 0 saturated heterocycles.